The molecule has 0 amide bonds. The minimum absolute atomic E-state index is 0.189. The highest BCUT2D eigenvalue weighted by atomic mass is 19.4. The van der Waals surface area contributed by atoms with Gasteiger partial charge in [0.25, 0.3) is 5.69 Å². The van der Waals surface area contributed by atoms with Crippen LogP contribution in [0, 0.1) is 10.1 Å². The van der Waals surface area contributed by atoms with Gasteiger partial charge < -0.3 is 4.74 Å². The molecule has 1 aromatic rings. The van der Waals surface area contributed by atoms with E-state index in [9.17, 15) is 32.9 Å². The first-order chi connectivity index (χ1) is 8.70. The summed E-state index contributed by atoms with van der Waals surface area (Å²) in [6.45, 7) is 0. The number of ether oxygens (including phenoxy) is 1. The second kappa shape index (κ2) is 5.46. The first-order valence-electron chi connectivity index (χ1n) is 4.75. The van der Waals surface area contributed by atoms with E-state index in [0.717, 1.165) is 24.3 Å². The maximum absolute atomic E-state index is 11.9. The average molecular weight is 277 g/mol. The maximum atomic E-state index is 11.9. The molecule has 6 nitrogen and oxygen atoms in total. The molecule has 0 aliphatic rings. The Kier molecular flexibility index (Phi) is 4.20. The van der Waals surface area contributed by atoms with Gasteiger partial charge in [-0.25, -0.2) is 0 Å². The van der Waals surface area contributed by atoms with Crippen molar-refractivity contribution in [3.63, 3.8) is 0 Å². The quantitative estimate of drug-likeness (QED) is 0.276. The number of carbonyl (C=O) groups excluding carboxylic acids is 2. The van der Waals surface area contributed by atoms with E-state index in [-0.39, 0.29) is 11.4 Å². The lowest BCUT2D eigenvalue weighted by Crippen LogP contribution is -2.27. The van der Waals surface area contributed by atoms with Gasteiger partial charge in [-0.05, 0) is 12.1 Å². The van der Waals surface area contributed by atoms with Crippen molar-refractivity contribution in [3.05, 3.63) is 34.4 Å². The lowest BCUT2D eigenvalue weighted by atomic mass is 10.3. The third kappa shape index (κ3) is 4.37. The van der Waals surface area contributed by atoms with Gasteiger partial charge in [-0.3, -0.25) is 19.7 Å². The number of rotatable bonds is 4. The molecule has 0 fully saturated rings. The van der Waals surface area contributed by atoms with Gasteiger partial charge in [0.05, 0.1) is 4.92 Å². The first-order valence-corrected chi connectivity index (χ1v) is 4.75. The zero-order chi connectivity index (χ0) is 14.6. The standard InChI is InChI=1S/C10H6F3NO5/c11-10(12,13)8(15)5-9(16)19-7-3-1-6(2-4-7)14(17)18/h1-4H,5H2. The lowest BCUT2D eigenvalue weighted by molar-refractivity contribution is -0.384. The maximum Gasteiger partial charge on any atom is 0.450 e. The molecule has 9 heteroatoms. The van der Waals surface area contributed by atoms with E-state index in [1.165, 1.54) is 0 Å². The molecule has 0 spiro atoms. The summed E-state index contributed by atoms with van der Waals surface area (Å²) in [5.74, 6) is -3.80. The number of nitro groups is 1. The zero-order valence-electron chi connectivity index (χ0n) is 9.14. The number of halogens is 3. The Hall–Kier alpha value is -2.45. The fraction of sp³-hybridized carbons (Fsp3) is 0.200. The van der Waals surface area contributed by atoms with E-state index in [1.807, 2.05) is 0 Å². The van der Waals surface area contributed by atoms with Gasteiger partial charge in [0.2, 0.25) is 5.78 Å². The minimum atomic E-state index is -5.10. The molecule has 1 rings (SSSR count). The normalized spacial score (nSPS) is 10.9. The van der Waals surface area contributed by atoms with Gasteiger partial charge in [0, 0.05) is 12.1 Å². The first kappa shape index (κ1) is 14.6. The van der Waals surface area contributed by atoms with Gasteiger partial charge in [-0.15, -0.1) is 0 Å². The predicted molar refractivity (Wildman–Crippen MR) is 54.4 cm³/mol. The van der Waals surface area contributed by atoms with E-state index in [1.54, 1.807) is 0 Å². The summed E-state index contributed by atoms with van der Waals surface area (Å²) in [5, 5.41) is 10.3. The van der Waals surface area contributed by atoms with E-state index < -0.39 is 29.3 Å². The molecule has 0 N–H and O–H groups in total. The van der Waals surface area contributed by atoms with E-state index >= 15 is 0 Å². The molecule has 1 aromatic carbocycles. The molecule has 0 saturated heterocycles. The van der Waals surface area contributed by atoms with Crippen molar-refractivity contribution in [2.45, 2.75) is 12.6 Å². The number of nitrogens with zero attached hydrogens (tertiary/aromatic N) is 1. The summed E-state index contributed by atoms with van der Waals surface area (Å²) in [6.07, 6.45) is -6.55. The lowest BCUT2D eigenvalue weighted by Gasteiger charge is -2.05. The van der Waals surface area contributed by atoms with Crippen LogP contribution in [0.25, 0.3) is 0 Å². The predicted octanol–water partition coefficient (Wildman–Crippen LogP) is 2.02. The van der Waals surface area contributed by atoms with E-state index in [2.05, 4.69) is 4.74 Å². The summed E-state index contributed by atoms with van der Waals surface area (Å²) in [4.78, 5) is 31.1. The number of esters is 1. The summed E-state index contributed by atoms with van der Waals surface area (Å²) in [5.41, 5.74) is -0.272. The molecular weight excluding hydrogens is 271 g/mol. The van der Waals surface area contributed by atoms with Crippen molar-refractivity contribution in [1.82, 2.24) is 0 Å². The topological polar surface area (TPSA) is 86.5 Å². The molecule has 19 heavy (non-hydrogen) atoms. The third-order valence-electron chi connectivity index (χ3n) is 1.90. The van der Waals surface area contributed by atoms with Crippen molar-refractivity contribution in [3.8, 4) is 5.75 Å². The minimum Gasteiger partial charge on any atom is -0.426 e. The summed E-state index contributed by atoms with van der Waals surface area (Å²) in [7, 11) is 0. The van der Waals surface area contributed by atoms with Gasteiger partial charge in [-0.2, -0.15) is 13.2 Å². The number of Topliss-reactive ketones (excluding diaryl/α,β-unsaturated/α-hetero) is 1. The number of hydrogen-bond donors (Lipinski definition) is 0. The molecule has 0 heterocycles. The largest absolute Gasteiger partial charge is 0.450 e. The van der Waals surface area contributed by atoms with Crippen LogP contribution in [0.1, 0.15) is 6.42 Å². The van der Waals surface area contributed by atoms with Crippen LogP contribution in [0.4, 0.5) is 18.9 Å². The van der Waals surface area contributed by atoms with Crippen molar-refractivity contribution in [2.75, 3.05) is 0 Å². The number of alkyl halides is 3. The molecule has 0 saturated carbocycles. The molecule has 0 aliphatic heterocycles. The van der Waals surface area contributed by atoms with Crippen molar-refractivity contribution in [1.29, 1.82) is 0 Å². The van der Waals surface area contributed by atoms with E-state index in [4.69, 9.17) is 0 Å². The average Bonchev–Trinajstić information content (AvgIpc) is 2.28. The number of non-ortho nitro benzene ring substituents is 1. The van der Waals surface area contributed by atoms with Crippen LogP contribution >= 0.6 is 0 Å². The smallest absolute Gasteiger partial charge is 0.426 e. The van der Waals surface area contributed by atoms with Crippen LogP contribution in [0.3, 0.4) is 0 Å². The van der Waals surface area contributed by atoms with Gasteiger partial charge in [0.15, 0.2) is 0 Å². The summed E-state index contributed by atoms with van der Waals surface area (Å²) in [6, 6.07) is 4.09. The Balaban J connectivity index is 2.63. The second-order valence-corrected chi connectivity index (χ2v) is 3.32. The molecule has 0 atom stereocenters. The fourth-order valence-corrected chi connectivity index (χ4v) is 1.03. The van der Waals surface area contributed by atoms with Crippen LogP contribution in [-0.4, -0.2) is 22.9 Å². The van der Waals surface area contributed by atoms with Gasteiger partial charge >= 0.3 is 12.1 Å². The van der Waals surface area contributed by atoms with Crippen molar-refractivity contribution < 1.29 is 32.4 Å². The summed E-state index contributed by atoms with van der Waals surface area (Å²) < 4.78 is 40.0. The highest BCUT2D eigenvalue weighted by Crippen LogP contribution is 2.20. The molecule has 0 bridgehead atoms. The number of benzene rings is 1. The van der Waals surface area contributed by atoms with Crippen LogP contribution in [0.5, 0.6) is 5.75 Å². The van der Waals surface area contributed by atoms with Crippen molar-refractivity contribution in [2.24, 2.45) is 0 Å². The fourth-order valence-electron chi connectivity index (χ4n) is 1.03. The van der Waals surface area contributed by atoms with Gasteiger partial charge in [0.1, 0.15) is 12.2 Å². The third-order valence-corrected chi connectivity index (χ3v) is 1.90. The number of nitro benzene ring substituents is 1. The molecule has 0 aliphatic carbocycles. The Morgan fingerprint density at radius 3 is 2.16 bits per heavy atom. The van der Waals surface area contributed by atoms with Gasteiger partial charge in [-0.1, -0.05) is 0 Å². The van der Waals surface area contributed by atoms with E-state index in [0.29, 0.717) is 0 Å². The monoisotopic (exact) mass is 277 g/mol. The molecule has 0 aromatic heterocycles. The highest BCUT2D eigenvalue weighted by molar-refractivity contribution is 5.99. The van der Waals surface area contributed by atoms with Crippen LogP contribution in [0.15, 0.2) is 24.3 Å². The Bertz CT molecular complexity index is 509. The molecule has 0 radical (unpaired) electrons. The van der Waals surface area contributed by atoms with Crippen molar-refractivity contribution >= 4 is 17.4 Å². The van der Waals surface area contributed by atoms with Crippen LogP contribution in [0.2, 0.25) is 0 Å². The number of hydrogen-bond acceptors (Lipinski definition) is 5. The molecule has 0 unspecified atom stereocenters. The van der Waals surface area contributed by atoms with Crippen LogP contribution < -0.4 is 4.74 Å². The molecular formula is C10H6F3NO5. The Morgan fingerprint density at radius 2 is 1.74 bits per heavy atom. The van der Waals surface area contributed by atoms with Crippen LogP contribution in [-0.2, 0) is 9.59 Å². The Morgan fingerprint density at radius 1 is 1.21 bits per heavy atom. The number of carbonyl (C=O) groups is 2. The Labute approximate surface area is 103 Å². The highest BCUT2D eigenvalue weighted by Gasteiger charge is 2.39. The second-order valence-electron chi connectivity index (χ2n) is 3.32. The molecule has 102 valence electrons. The SMILES string of the molecule is O=C(CC(=O)C(F)(F)F)Oc1ccc([N+](=O)[O-])cc1. The zero-order valence-corrected chi connectivity index (χ0v) is 9.14. The summed E-state index contributed by atoms with van der Waals surface area (Å²) >= 11 is 0. The number of ketones is 1.